The van der Waals surface area contributed by atoms with E-state index in [1.165, 1.54) is 15.9 Å². The maximum absolute atomic E-state index is 14.1. The van der Waals surface area contributed by atoms with E-state index in [0.717, 1.165) is 12.2 Å². The van der Waals surface area contributed by atoms with Gasteiger partial charge < -0.3 is 15.5 Å². The molecule has 0 aliphatic carbocycles. The Morgan fingerprint density at radius 3 is 2.77 bits per heavy atom. The fraction of sp³-hybridized carbons (Fsp3) is 0.263. The van der Waals surface area contributed by atoms with Gasteiger partial charge in [-0.25, -0.2) is 4.39 Å². The molecule has 0 radical (unpaired) electrons. The van der Waals surface area contributed by atoms with Gasteiger partial charge in [-0.15, -0.1) is 11.8 Å². The third-order valence-electron chi connectivity index (χ3n) is 3.97. The maximum atomic E-state index is 14.1. The summed E-state index contributed by atoms with van der Waals surface area (Å²) in [7, 11) is 0. The number of thiocarbonyl (C=S) groups is 1. The van der Waals surface area contributed by atoms with Crippen LogP contribution in [-0.2, 0) is 4.79 Å². The fourth-order valence-corrected chi connectivity index (χ4v) is 3.73. The highest BCUT2D eigenvalue weighted by molar-refractivity contribution is 7.99. The molecule has 0 aromatic heterocycles. The molecule has 26 heavy (non-hydrogen) atoms. The summed E-state index contributed by atoms with van der Waals surface area (Å²) < 4.78 is 14.1. The molecule has 1 saturated heterocycles. The lowest BCUT2D eigenvalue weighted by atomic mass is 10.2. The zero-order chi connectivity index (χ0) is 18.4. The van der Waals surface area contributed by atoms with Gasteiger partial charge in [0.05, 0.1) is 5.69 Å². The summed E-state index contributed by atoms with van der Waals surface area (Å²) >= 11 is 7.04. The number of hydrogen-bond acceptors (Lipinski definition) is 3. The second-order valence-electron chi connectivity index (χ2n) is 5.86. The van der Waals surface area contributed by atoms with Gasteiger partial charge in [0.1, 0.15) is 5.82 Å². The van der Waals surface area contributed by atoms with E-state index in [4.69, 9.17) is 12.2 Å². The van der Waals surface area contributed by atoms with Crippen molar-refractivity contribution < 1.29 is 9.18 Å². The summed E-state index contributed by atoms with van der Waals surface area (Å²) in [5.41, 5.74) is 0.967. The van der Waals surface area contributed by atoms with Crippen LogP contribution in [0.5, 0.6) is 0 Å². The quantitative estimate of drug-likeness (QED) is 0.444. The first kappa shape index (κ1) is 18.7. The van der Waals surface area contributed by atoms with Crippen LogP contribution in [-0.4, -0.2) is 29.9 Å². The Morgan fingerprint density at radius 1 is 1.23 bits per heavy atom. The van der Waals surface area contributed by atoms with Crippen LogP contribution in [0.1, 0.15) is 12.8 Å². The van der Waals surface area contributed by atoms with Crippen molar-refractivity contribution in [3.63, 3.8) is 0 Å². The van der Waals surface area contributed by atoms with Crippen molar-refractivity contribution in [1.29, 1.82) is 0 Å². The number of thioether (sulfide) groups is 1. The van der Waals surface area contributed by atoms with Crippen molar-refractivity contribution in [2.75, 3.05) is 29.1 Å². The molecule has 1 aliphatic heterocycles. The van der Waals surface area contributed by atoms with Crippen LogP contribution in [0.15, 0.2) is 53.4 Å². The van der Waals surface area contributed by atoms with Gasteiger partial charge in [-0.3, -0.25) is 4.79 Å². The number of hydrogen-bond donors (Lipinski definition) is 2. The summed E-state index contributed by atoms with van der Waals surface area (Å²) in [6.45, 7) is 1.27. The van der Waals surface area contributed by atoms with Crippen LogP contribution in [0.3, 0.4) is 0 Å². The summed E-state index contributed by atoms with van der Waals surface area (Å²) in [6.07, 6.45) is 1.23. The molecule has 0 atom stereocenters. The Hall–Kier alpha value is -2.12. The molecule has 0 unspecified atom stereocenters. The molecule has 2 N–H and O–H groups in total. The molecule has 0 bridgehead atoms. The largest absolute Gasteiger partial charge is 0.362 e. The number of nitrogens with one attached hydrogen (secondary N) is 2. The molecule has 1 heterocycles. The predicted octanol–water partition coefficient (Wildman–Crippen LogP) is 4.03. The number of amides is 1. The first-order chi connectivity index (χ1) is 12.6. The molecule has 1 fully saturated rings. The van der Waals surface area contributed by atoms with E-state index in [1.807, 2.05) is 18.2 Å². The van der Waals surface area contributed by atoms with Gasteiger partial charge in [0, 0.05) is 35.8 Å². The zero-order valence-corrected chi connectivity index (χ0v) is 15.8. The van der Waals surface area contributed by atoms with Crippen LogP contribution in [0, 0.1) is 5.82 Å². The smallest absolute Gasteiger partial charge is 0.227 e. The fourth-order valence-electron chi connectivity index (χ4n) is 2.73. The second kappa shape index (κ2) is 9.00. The summed E-state index contributed by atoms with van der Waals surface area (Å²) in [5, 5.41) is 6.67. The Balaban J connectivity index is 1.50. The lowest BCUT2D eigenvalue weighted by Gasteiger charge is -2.18. The van der Waals surface area contributed by atoms with Crippen LogP contribution in [0.4, 0.5) is 15.8 Å². The number of benzene rings is 2. The predicted molar refractivity (Wildman–Crippen MR) is 109 cm³/mol. The number of carbonyl (C=O) groups is 1. The van der Waals surface area contributed by atoms with Gasteiger partial charge in [-0.05, 0) is 49.0 Å². The Labute approximate surface area is 162 Å². The molecular formula is C19H20FN3OS2. The third kappa shape index (κ3) is 4.95. The van der Waals surface area contributed by atoms with Gasteiger partial charge in [0.2, 0.25) is 5.91 Å². The highest BCUT2D eigenvalue weighted by atomic mass is 32.2. The van der Waals surface area contributed by atoms with Gasteiger partial charge in [0.15, 0.2) is 5.11 Å². The van der Waals surface area contributed by atoms with E-state index in [2.05, 4.69) is 22.8 Å². The second-order valence-corrected chi connectivity index (χ2v) is 7.43. The Morgan fingerprint density at radius 2 is 2.04 bits per heavy atom. The maximum Gasteiger partial charge on any atom is 0.227 e. The van der Waals surface area contributed by atoms with Crippen molar-refractivity contribution in [2.45, 2.75) is 17.7 Å². The molecule has 0 spiro atoms. The number of nitrogens with zero attached hydrogens (tertiary/aromatic N) is 1. The minimum Gasteiger partial charge on any atom is -0.362 e. The van der Waals surface area contributed by atoms with Gasteiger partial charge >= 0.3 is 0 Å². The van der Waals surface area contributed by atoms with Crippen LogP contribution < -0.4 is 15.5 Å². The van der Waals surface area contributed by atoms with E-state index in [0.29, 0.717) is 36.0 Å². The zero-order valence-electron chi connectivity index (χ0n) is 14.2. The number of halogens is 1. The molecule has 2 aromatic carbocycles. The summed E-state index contributed by atoms with van der Waals surface area (Å²) in [5.74, 6) is 0.437. The Kier molecular flexibility index (Phi) is 6.46. The lowest BCUT2D eigenvalue weighted by molar-refractivity contribution is -0.117. The molecule has 7 heteroatoms. The van der Waals surface area contributed by atoms with Gasteiger partial charge in [-0.2, -0.15) is 0 Å². The highest BCUT2D eigenvalue weighted by Crippen LogP contribution is 2.27. The van der Waals surface area contributed by atoms with Crippen molar-refractivity contribution in [3.05, 3.63) is 54.3 Å². The number of anilines is 2. The van der Waals surface area contributed by atoms with Crippen molar-refractivity contribution >= 4 is 46.4 Å². The van der Waals surface area contributed by atoms with Crippen LogP contribution in [0.25, 0.3) is 0 Å². The summed E-state index contributed by atoms with van der Waals surface area (Å²) in [6, 6.07) is 14.8. The average molecular weight is 390 g/mol. The van der Waals surface area contributed by atoms with Gasteiger partial charge in [0.25, 0.3) is 0 Å². The number of rotatable bonds is 6. The van der Waals surface area contributed by atoms with E-state index < -0.39 is 5.82 Å². The first-order valence-electron chi connectivity index (χ1n) is 8.46. The average Bonchev–Trinajstić information content (AvgIpc) is 3.07. The molecule has 2 aromatic rings. The van der Waals surface area contributed by atoms with Crippen molar-refractivity contribution in [2.24, 2.45) is 0 Å². The SMILES string of the molecule is O=C1CCCN1c1cc(NC(=S)NCCSc2ccccc2)ccc1F. The standard InChI is InChI=1S/C19H20FN3OS2/c20-16-9-8-14(13-17(16)23-11-4-7-18(23)24)22-19(25)21-10-12-26-15-5-2-1-3-6-15/h1-3,5-6,8-9,13H,4,7,10-12H2,(H2,21,22,25). The van der Waals surface area contributed by atoms with E-state index in [-0.39, 0.29) is 5.91 Å². The molecule has 136 valence electrons. The topological polar surface area (TPSA) is 44.4 Å². The lowest BCUT2D eigenvalue weighted by Crippen LogP contribution is -2.30. The van der Waals surface area contributed by atoms with Crippen LogP contribution >= 0.6 is 24.0 Å². The van der Waals surface area contributed by atoms with Crippen LogP contribution in [0.2, 0.25) is 0 Å². The minimum atomic E-state index is -0.399. The van der Waals surface area contributed by atoms with E-state index in [1.54, 1.807) is 23.9 Å². The van der Waals surface area contributed by atoms with Crippen molar-refractivity contribution in [1.82, 2.24) is 5.32 Å². The van der Waals surface area contributed by atoms with Gasteiger partial charge in [-0.1, -0.05) is 18.2 Å². The molecule has 1 aliphatic rings. The molecule has 4 nitrogen and oxygen atoms in total. The molecule has 3 rings (SSSR count). The molecule has 0 saturated carbocycles. The molecule has 1 amide bonds. The normalized spacial score (nSPS) is 13.7. The molecular weight excluding hydrogens is 369 g/mol. The number of carbonyl (C=O) groups excluding carboxylic acids is 1. The Bertz CT molecular complexity index is 786. The third-order valence-corrected chi connectivity index (χ3v) is 5.23. The first-order valence-corrected chi connectivity index (χ1v) is 9.85. The highest BCUT2D eigenvalue weighted by Gasteiger charge is 2.24. The van der Waals surface area contributed by atoms with Crippen molar-refractivity contribution in [3.8, 4) is 0 Å². The van der Waals surface area contributed by atoms with E-state index >= 15 is 0 Å². The van der Waals surface area contributed by atoms with E-state index in [9.17, 15) is 9.18 Å². The minimum absolute atomic E-state index is 0.0420. The summed E-state index contributed by atoms with van der Waals surface area (Å²) in [4.78, 5) is 14.6. The monoisotopic (exact) mass is 389 g/mol.